The van der Waals surface area contributed by atoms with E-state index in [4.69, 9.17) is 0 Å². The zero-order valence-electron chi connectivity index (χ0n) is 2.90. The molecule has 0 rings (SSSR count). The molecule has 0 fully saturated rings. The van der Waals surface area contributed by atoms with Gasteiger partial charge in [-0.25, -0.2) is 0 Å². The highest BCUT2D eigenvalue weighted by molar-refractivity contribution is 6.60. The van der Waals surface area contributed by atoms with E-state index < -0.39 is 0 Å². The summed E-state index contributed by atoms with van der Waals surface area (Å²) in [5, 5.41) is 0.0463. The van der Waals surface area contributed by atoms with Crippen LogP contribution in [0.2, 0.25) is 0 Å². The van der Waals surface area contributed by atoms with Crippen LogP contribution in [0, 0.1) is 0 Å². The fraction of sp³-hybridized carbons (Fsp3) is 0. The average Bonchev–Trinajstić information content (AvgIpc) is 1.38. The maximum absolute atomic E-state index is 9.71. The van der Waals surface area contributed by atoms with Crippen molar-refractivity contribution in [2.75, 3.05) is 0 Å². The number of carbonyl (C=O) groups excluding carboxylic acids is 1. The van der Waals surface area contributed by atoms with Crippen LogP contribution in [-0.2, 0) is 4.79 Å². The van der Waals surface area contributed by atoms with E-state index in [9.17, 15) is 4.79 Å². The summed E-state index contributed by atoms with van der Waals surface area (Å²) in [6.07, 6.45) is 1.29. The van der Waals surface area contributed by atoms with Gasteiger partial charge in [-0.15, -0.1) is 0 Å². The van der Waals surface area contributed by atoms with Gasteiger partial charge in [-0.3, -0.25) is 0 Å². The van der Waals surface area contributed by atoms with E-state index in [0.29, 0.717) is 0 Å². The molecule has 1 nitrogen and oxygen atoms in total. The van der Waals surface area contributed by atoms with Crippen molar-refractivity contribution in [3.63, 3.8) is 0 Å². The Bertz CT molecular complexity index is 57.9. The minimum atomic E-state index is 0.0463. The second-order valence-corrected chi connectivity index (χ2v) is 1.37. The van der Waals surface area contributed by atoms with Crippen LogP contribution in [0.4, 0.5) is 0 Å². The summed E-state index contributed by atoms with van der Waals surface area (Å²) in [5.41, 5.74) is 0. The molecule has 0 saturated carbocycles. The Morgan fingerprint density at radius 1 is 2.00 bits per heavy atom. The van der Waals surface area contributed by atoms with Crippen LogP contribution in [0.5, 0.6) is 0 Å². The number of hydrogen-bond acceptors (Lipinski definition) is 1. The lowest BCUT2D eigenvalue weighted by Crippen LogP contribution is -1.84. The standard InChI is InChI=1S/C3H5OSi/c1-2-3(4)5/h2H,1,5H2. The second kappa shape index (κ2) is 1.90. The molecule has 2 heteroatoms. The van der Waals surface area contributed by atoms with Crippen LogP contribution >= 0.6 is 0 Å². The molecule has 0 aliphatic rings. The molecule has 0 heterocycles. The summed E-state index contributed by atoms with van der Waals surface area (Å²) in [7, 11) is 1.29. The molecule has 0 aliphatic carbocycles. The van der Waals surface area contributed by atoms with E-state index in [1.165, 1.54) is 16.3 Å². The molecule has 0 aliphatic heterocycles. The molecule has 0 spiro atoms. The van der Waals surface area contributed by atoms with Crippen LogP contribution in [-0.4, -0.2) is 15.6 Å². The molecule has 0 bridgehead atoms. The van der Waals surface area contributed by atoms with Crippen LogP contribution < -0.4 is 0 Å². The molecule has 0 aromatic carbocycles. The fourth-order valence-electron chi connectivity index (χ4n) is 0. The third-order valence-corrected chi connectivity index (χ3v) is 0.516. The van der Waals surface area contributed by atoms with Crippen molar-refractivity contribution in [3.05, 3.63) is 12.7 Å². The summed E-state index contributed by atoms with van der Waals surface area (Å²) in [4.78, 5) is 9.71. The normalized spacial score (nSPS) is 6.60. The van der Waals surface area contributed by atoms with Crippen LogP contribution in [0.15, 0.2) is 12.7 Å². The summed E-state index contributed by atoms with van der Waals surface area (Å²) in [5.74, 6) is 0. The SMILES string of the molecule is C=CC(=O)[SiH2]. The van der Waals surface area contributed by atoms with Crippen molar-refractivity contribution < 1.29 is 4.79 Å². The first kappa shape index (κ1) is 4.63. The number of allylic oxidation sites excluding steroid dienone is 1. The predicted molar refractivity (Wildman–Crippen MR) is 23.7 cm³/mol. The van der Waals surface area contributed by atoms with E-state index >= 15 is 0 Å². The zero-order valence-corrected chi connectivity index (χ0v) is 4.31. The maximum atomic E-state index is 9.71. The van der Waals surface area contributed by atoms with E-state index in [2.05, 4.69) is 6.58 Å². The average molecular weight is 85.2 g/mol. The van der Waals surface area contributed by atoms with Gasteiger partial charge in [0.2, 0.25) is 0 Å². The van der Waals surface area contributed by atoms with Crippen molar-refractivity contribution in [1.29, 1.82) is 0 Å². The van der Waals surface area contributed by atoms with Gasteiger partial charge < -0.3 is 4.79 Å². The molecule has 0 aromatic rings. The second-order valence-electron chi connectivity index (χ2n) is 0.670. The quantitative estimate of drug-likeness (QED) is 0.305. The van der Waals surface area contributed by atoms with Gasteiger partial charge in [0, 0.05) is 0 Å². The Balaban J connectivity index is 3.20. The highest BCUT2D eigenvalue weighted by Crippen LogP contribution is 1.53. The summed E-state index contributed by atoms with van der Waals surface area (Å²) >= 11 is 0. The highest BCUT2D eigenvalue weighted by atomic mass is 28.1. The molecule has 0 amide bonds. The lowest BCUT2D eigenvalue weighted by Gasteiger charge is -1.62. The van der Waals surface area contributed by atoms with Gasteiger partial charge in [0.1, 0.15) is 15.6 Å². The first-order chi connectivity index (χ1) is 2.27. The molecule has 0 saturated heterocycles. The smallest absolute Gasteiger partial charge is 0.122 e. The monoisotopic (exact) mass is 85.0 g/mol. The van der Waals surface area contributed by atoms with Crippen molar-refractivity contribution in [2.45, 2.75) is 0 Å². The lowest BCUT2D eigenvalue weighted by atomic mass is 10.7. The number of rotatable bonds is 1. The minimum Gasteiger partial charge on any atom is -0.302 e. The minimum absolute atomic E-state index is 0.0463. The van der Waals surface area contributed by atoms with Gasteiger partial charge in [-0.1, -0.05) is 6.58 Å². The Labute approximate surface area is 34.1 Å². The van der Waals surface area contributed by atoms with Crippen molar-refractivity contribution in [3.8, 4) is 0 Å². The Hall–Kier alpha value is -0.373. The zero-order chi connectivity index (χ0) is 4.28. The summed E-state index contributed by atoms with van der Waals surface area (Å²) < 4.78 is 0. The third-order valence-electron chi connectivity index (χ3n) is 0.228. The van der Waals surface area contributed by atoms with E-state index in [0.717, 1.165) is 0 Å². The molecular formula is C3H5OSi. The lowest BCUT2D eigenvalue weighted by molar-refractivity contribution is -0.107. The van der Waals surface area contributed by atoms with Gasteiger partial charge in [-0.2, -0.15) is 0 Å². The molecule has 0 aromatic heterocycles. The topological polar surface area (TPSA) is 17.1 Å². The first-order valence-electron chi connectivity index (χ1n) is 1.25. The van der Waals surface area contributed by atoms with Gasteiger partial charge in [0.15, 0.2) is 0 Å². The molecule has 27 valence electrons. The molecular weight excluding hydrogens is 80.1 g/mol. The molecule has 0 unspecified atom stereocenters. The number of hydrogen-bond donors (Lipinski definition) is 0. The first-order valence-corrected chi connectivity index (χ1v) is 1.96. The van der Waals surface area contributed by atoms with E-state index in [-0.39, 0.29) is 5.41 Å². The molecule has 0 atom stereocenters. The summed E-state index contributed by atoms with van der Waals surface area (Å²) in [6, 6.07) is 0. The van der Waals surface area contributed by atoms with Gasteiger partial charge >= 0.3 is 0 Å². The molecule has 1 radical (unpaired) electrons. The number of carbonyl (C=O) groups is 1. The largest absolute Gasteiger partial charge is 0.302 e. The van der Waals surface area contributed by atoms with Crippen molar-refractivity contribution in [1.82, 2.24) is 0 Å². The molecule has 0 N–H and O–H groups in total. The van der Waals surface area contributed by atoms with Crippen LogP contribution in [0.1, 0.15) is 0 Å². The van der Waals surface area contributed by atoms with Gasteiger partial charge in [-0.05, 0) is 6.08 Å². The van der Waals surface area contributed by atoms with Gasteiger partial charge in [0.25, 0.3) is 0 Å². The van der Waals surface area contributed by atoms with E-state index in [1.807, 2.05) is 0 Å². The fourth-order valence-corrected chi connectivity index (χ4v) is 0. The van der Waals surface area contributed by atoms with Gasteiger partial charge in [0.05, 0.1) is 0 Å². The summed E-state index contributed by atoms with van der Waals surface area (Å²) in [6.45, 7) is 3.22. The maximum Gasteiger partial charge on any atom is 0.122 e. The Kier molecular flexibility index (Phi) is 1.76. The highest BCUT2D eigenvalue weighted by Gasteiger charge is 1.69. The Morgan fingerprint density at radius 3 is 2.20 bits per heavy atom. The van der Waals surface area contributed by atoms with Crippen molar-refractivity contribution >= 4 is 15.6 Å². The third kappa shape index (κ3) is 3.63. The van der Waals surface area contributed by atoms with Crippen LogP contribution in [0.25, 0.3) is 0 Å². The van der Waals surface area contributed by atoms with E-state index in [1.54, 1.807) is 0 Å². The predicted octanol–water partition coefficient (Wildman–Crippen LogP) is -0.668. The molecule has 5 heavy (non-hydrogen) atoms. The Morgan fingerprint density at radius 2 is 2.20 bits per heavy atom. The van der Waals surface area contributed by atoms with Crippen LogP contribution in [0.3, 0.4) is 0 Å². The van der Waals surface area contributed by atoms with Crippen molar-refractivity contribution in [2.24, 2.45) is 0 Å².